The Bertz CT molecular complexity index is 1280. The van der Waals surface area contributed by atoms with Crippen molar-refractivity contribution < 1.29 is 17.9 Å². The van der Waals surface area contributed by atoms with E-state index in [1.165, 1.54) is 23.5 Å². The third-order valence-corrected chi connectivity index (χ3v) is 7.35. The van der Waals surface area contributed by atoms with Crippen LogP contribution in [0.25, 0.3) is 10.9 Å². The summed E-state index contributed by atoms with van der Waals surface area (Å²) < 4.78 is 33.2. The summed E-state index contributed by atoms with van der Waals surface area (Å²) in [5.74, 6) is 0.216. The molecule has 3 aromatic rings. The molecule has 1 amide bonds. The molecule has 0 atom stereocenters. The van der Waals surface area contributed by atoms with Crippen molar-refractivity contribution in [1.82, 2.24) is 24.6 Å². The van der Waals surface area contributed by atoms with Gasteiger partial charge in [-0.3, -0.25) is 9.59 Å². The van der Waals surface area contributed by atoms with E-state index in [0.717, 1.165) is 4.68 Å². The van der Waals surface area contributed by atoms with Crippen LogP contribution in [-0.4, -0.2) is 59.9 Å². The number of benzene rings is 2. The van der Waals surface area contributed by atoms with Gasteiger partial charge in [0.2, 0.25) is 15.9 Å². The van der Waals surface area contributed by atoms with Crippen molar-refractivity contribution in [2.75, 3.05) is 20.2 Å². The van der Waals surface area contributed by atoms with Crippen LogP contribution in [-0.2, 0) is 21.4 Å². The monoisotopic (exact) mass is 457 g/mol. The first-order chi connectivity index (χ1) is 15.4. The van der Waals surface area contributed by atoms with Crippen LogP contribution in [0.4, 0.5) is 0 Å². The molecule has 0 radical (unpaired) electrons. The van der Waals surface area contributed by atoms with Crippen molar-refractivity contribution in [2.45, 2.75) is 30.3 Å². The van der Waals surface area contributed by atoms with Gasteiger partial charge in [0.05, 0.1) is 17.4 Å². The highest BCUT2D eigenvalue weighted by Gasteiger charge is 2.30. The lowest BCUT2D eigenvalue weighted by atomic mass is 10.1. The molecule has 0 saturated carbocycles. The van der Waals surface area contributed by atoms with E-state index in [0.29, 0.717) is 29.5 Å². The first-order valence-electron chi connectivity index (χ1n) is 10.1. The molecule has 1 aromatic heterocycles. The number of amides is 1. The maximum Gasteiger partial charge on any atom is 0.278 e. The van der Waals surface area contributed by atoms with Gasteiger partial charge in [-0.15, -0.1) is 5.10 Å². The van der Waals surface area contributed by atoms with Crippen LogP contribution in [0.2, 0.25) is 0 Å². The average molecular weight is 458 g/mol. The van der Waals surface area contributed by atoms with E-state index >= 15 is 0 Å². The average Bonchev–Trinajstić information content (AvgIpc) is 2.81. The number of nitrogens with one attached hydrogen (secondary N) is 1. The second-order valence-corrected chi connectivity index (χ2v) is 9.43. The van der Waals surface area contributed by atoms with Crippen LogP contribution < -0.4 is 15.6 Å². The number of fused-ring (bicyclic) bond motifs is 1. The van der Waals surface area contributed by atoms with Gasteiger partial charge >= 0.3 is 0 Å². The fraction of sp³-hybridized carbons (Fsp3) is 0.333. The Kier molecular flexibility index (Phi) is 6.19. The fourth-order valence-electron chi connectivity index (χ4n) is 3.67. The highest BCUT2D eigenvalue weighted by atomic mass is 32.2. The largest absolute Gasteiger partial charge is 0.497 e. The predicted octanol–water partition coefficient (Wildman–Crippen LogP) is 0.770. The topological polar surface area (TPSA) is 123 Å². The molecule has 1 fully saturated rings. The Morgan fingerprint density at radius 3 is 2.50 bits per heavy atom. The SMILES string of the molecule is COc1ccc(S(=O)(=O)N2CCC(NC(=O)Cn3nnc4ccccc4c3=O)CC2)cc1. The fourth-order valence-corrected chi connectivity index (χ4v) is 5.14. The molecule has 0 unspecified atom stereocenters. The lowest BCUT2D eigenvalue weighted by Crippen LogP contribution is -2.47. The molecule has 2 heterocycles. The third kappa shape index (κ3) is 4.48. The minimum atomic E-state index is -3.61. The Hall–Kier alpha value is -3.31. The number of rotatable bonds is 6. The predicted molar refractivity (Wildman–Crippen MR) is 117 cm³/mol. The maximum absolute atomic E-state index is 12.8. The van der Waals surface area contributed by atoms with Gasteiger partial charge < -0.3 is 10.1 Å². The van der Waals surface area contributed by atoms with Gasteiger partial charge in [0, 0.05) is 19.1 Å². The molecule has 4 rings (SSSR count). The highest BCUT2D eigenvalue weighted by molar-refractivity contribution is 7.89. The summed E-state index contributed by atoms with van der Waals surface area (Å²) in [4.78, 5) is 25.1. The zero-order chi connectivity index (χ0) is 22.7. The molecular formula is C21H23N5O5S. The van der Waals surface area contributed by atoms with E-state index in [1.54, 1.807) is 36.4 Å². The van der Waals surface area contributed by atoms with Gasteiger partial charge in [-0.2, -0.15) is 4.31 Å². The van der Waals surface area contributed by atoms with Gasteiger partial charge in [-0.25, -0.2) is 13.1 Å². The number of methoxy groups -OCH3 is 1. The molecular weight excluding hydrogens is 434 g/mol. The van der Waals surface area contributed by atoms with E-state index in [2.05, 4.69) is 15.6 Å². The van der Waals surface area contributed by atoms with Crippen LogP contribution in [0, 0.1) is 0 Å². The molecule has 2 aromatic carbocycles. The third-order valence-electron chi connectivity index (χ3n) is 5.44. The molecule has 1 aliphatic rings. The van der Waals surface area contributed by atoms with Crippen LogP contribution in [0.5, 0.6) is 5.75 Å². The van der Waals surface area contributed by atoms with Gasteiger partial charge in [-0.05, 0) is 49.2 Å². The molecule has 0 aliphatic carbocycles. The van der Waals surface area contributed by atoms with Crippen molar-refractivity contribution in [3.05, 3.63) is 58.9 Å². The van der Waals surface area contributed by atoms with E-state index in [-0.39, 0.29) is 42.0 Å². The van der Waals surface area contributed by atoms with E-state index in [4.69, 9.17) is 4.74 Å². The Balaban J connectivity index is 1.35. The van der Waals surface area contributed by atoms with Crippen LogP contribution in [0.1, 0.15) is 12.8 Å². The molecule has 32 heavy (non-hydrogen) atoms. The van der Waals surface area contributed by atoms with Crippen molar-refractivity contribution in [1.29, 1.82) is 0 Å². The summed E-state index contributed by atoms with van der Waals surface area (Å²) in [6, 6.07) is 12.9. The van der Waals surface area contributed by atoms with Crippen molar-refractivity contribution in [3.8, 4) is 5.75 Å². The van der Waals surface area contributed by atoms with Crippen LogP contribution in [0.3, 0.4) is 0 Å². The van der Waals surface area contributed by atoms with Crippen LogP contribution >= 0.6 is 0 Å². The molecule has 10 nitrogen and oxygen atoms in total. The number of hydrogen-bond donors (Lipinski definition) is 1. The number of nitrogens with zero attached hydrogens (tertiary/aromatic N) is 4. The first kappa shape index (κ1) is 21.9. The number of hydrogen-bond acceptors (Lipinski definition) is 7. The summed E-state index contributed by atoms with van der Waals surface area (Å²) in [7, 11) is -2.09. The van der Waals surface area contributed by atoms with Gasteiger partial charge in [0.1, 0.15) is 17.8 Å². The Morgan fingerprint density at radius 2 is 1.81 bits per heavy atom. The number of piperidine rings is 1. The van der Waals surface area contributed by atoms with Gasteiger partial charge in [0.25, 0.3) is 5.56 Å². The number of carbonyl (C=O) groups excluding carboxylic acids is 1. The van der Waals surface area contributed by atoms with E-state index < -0.39 is 10.0 Å². The lowest BCUT2D eigenvalue weighted by Gasteiger charge is -2.31. The van der Waals surface area contributed by atoms with Gasteiger partial charge in [0.15, 0.2) is 0 Å². The Morgan fingerprint density at radius 1 is 1.12 bits per heavy atom. The Labute approximate surface area is 184 Å². The number of ether oxygens (including phenoxy) is 1. The molecule has 0 bridgehead atoms. The summed E-state index contributed by atoms with van der Waals surface area (Å²) in [6.45, 7) is 0.325. The molecule has 0 spiro atoms. The van der Waals surface area contributed by atoms with Crippen molar-refractivity contribution in [2.24, 2.45) is 0 Å². The molecule has 11 heteroatoms. The summed E-state index contributed by atoms with van der Waals surface area (Å²) in [5, 5.41) is 11.1. The standard InChI is InChI=1S/C21H23N5O5S/c1-31-16-6-8-17(9-7-16)32(29,30)25-12-10-15(11-13-25)22-20(27)14-26-21(28)18-4-2-3-5-19(18)23-24-26/h2-9,15H,10-14H2,1H3,(H,22,27). The molecule has 1 saturated heterocycles. The molecule has 168 valence electrons. The van der Waals surface area contributed by atoms with Gasteiger partial charge in [-0.1, -0.05) is 17.3 Å². The van der Waals surface area contributed by atoms with Crippen molar-refractivity contribution in [3.63, 3.8) is 0 Å². The van der Waals surface area contributed by atoms with E-state index in [9.17, 15) is 18.0 Å². The summed E-state index contributed by atoms with van der Waals surface area (Å²) >= 11 is 0. The summed E-state index contributed by atoms with van der Waals surface area (Å²) in [5.41, 5.74) is 0.0887. The molecule has 1 N–H and O–H groups in total. The highest BCUT2D eigenvalue weighted by Crippen LogP contribution is 2.22. The summed E-state index contributed by atoms with van der Waals surface area (Å²) in [6.07, 6.45) is 0.943. The minimum Gasteiger partial charge on any atom is -0.497 e. The second kappa shape index (κ2) is 9.05. The lowest BCUT2D eigenvalue weighted by molar-refractivity contribution is -0.122. The molecule has 1 aliphatic heterocycles. The second-order valence-electron chi connectivity index (χ2n) is 7.49. The van der Waals surface area contributed by atoms with E-state index in [1.807, 2.05) is 0 Å². The zero-order valence-electron chi connectivity index (χ0n) is 17.5. The number of aromatic nitrogens is 3. The normalized spacial score (nSPS) is 15.5. The van der Waals surface area contributed by atoms with Crippen LogP contribution in [0.15, 0.2) is 58.2 Å². The maximum atomic E-state index is 12.8. The number of carbonyl (C=O) groups is 1. The first-order valence-corrected chi connectivity index (χ1v) is 11.6. The van der Waals surface area contributed by atoms with Crippen molar-refractivity contribution >= 4 is 26.8 Å². The minimum absolute atomic E-state index is 0.186. The zero-order valence-corrected chi connectivity index (χ0v) is 18.3. The number of sulfonamides is 1. The quantitative estimate of drug-likeness (QED) is 0.580. The smallest absolute Gasteiger partial charge is 0.278 e.